The zero-order valence-corrected chi connectivity index (χ0v) is 13.6. The highest BCUT2D eigenvalue weighted by Crippen LogP contribution is 2.35. The van der Waals surface area contributed by atoms with E-state index < -0.39 is 0 Å². The van der Waals surface area contributed by atoms with Crippen LogP contribution in [0.2, 0.25) is 0 Å². The maximum absolute atomic E-state index is 5.79. The number of benzene rings is 1. The van der Waals surface area contributed by atoms with Gasteiger partial charge in [0.25, 0.3) is 0 Å². The first kappa shape index (κ1) is 14.4. The number of ether oxygens (including phenoxy) is 1. The number of likely N-dealkylation sites (tertiary alicyclic amines) is 1. The Hall–Kier alpha value is -0.540. The molecule has 1 aromatic carbocycles. The topological polar surface area (TPSA) is 12.5 Å². The van der Waals surface area contributed by atoms with Crippen LogP contribution in [0.15, 0.2) is 24.3 Å². The van der Waals surface area contributed by atoms with E-state index in [2.05, 4.69) is 45.1 Å². The monoisotopic (exact) mass is 337 g/mol. The van der Waals surface area contributed by atoms with Gasteiger partial charge in [-0.15, -0.1) is 0 Å². The van der Waals surface area contributed by atoms with Crippen molar-refractivity contribution < 1.29 is 4.74 Å². The Morgan fingerprint density at radius 2 is 2.10 bits per heavy atom. The molecule has 3 rings (SSSR count). The van der Waals surface area contributed by atoms with E-state index in [-0.39, 0.29) is 0 Å². The third kappa shape index (κ3) is 3.20. The van der Waals surface area contributed by atoms with E-state index in [0.717, 1.165) is 30.1 Å². The van der Waals surface area contributed by atoms with Crippen LogP contribution in [-0.4, -0.2) is 36.0 Å². The molecule has 1 aromatic rings. The van der Waals surface area contributed by atoms with Crippen LogP contribution in [0.1, 0.15) is 43.6 Å². The minimum atomic E-state index is 0.649. The van der Waals surface area contributed by atoms with E-state index in [1.165, 1.54) is 44.3 Å². The molecule has 3 heteroatoms. The van der Waals surface area contributed by atoms with Gasteiger partial charge in [0.05, 0.1) is 6.61 Å². The van der Waals surface area contributed by atoms with Crippen molar-refractivity contribution in [2.75, 3.05) is 25.0 Å². The molecule has 1 fully saturated rings. The standard InChI is InChI=1S/C17H24BrNO/c18-10-8-15-5-3-4-11-19(15)13-14-9-12-20-17-7-2-1-6-16(14)17/h1-2,6-7,14-15H,3-5,8-13H2. The Balaban J connectivity index is 1.71. The van der Waals surface area contributed by atoms with Gasteiger partial charge in [-0.05, 0) is 43.9 Å². The summed E-state index contributed by atoms with van der Waals surface area (Å²) >= 11 is 3.62. The van der Waals surface area contributed by atoms with Crippen molar-refractivity contribution in [2.45, 2.75) is 44.1 Å². The first-order valence-electron chi connectivity index (χ1n) is 7.90. The Bertz CT molecular complexity index is 435. The lowest BCUT2D eigenvalue weighted by Gasteiger charge is -2.39. The molecule has 0 aliphatic carbocycles. The molecule has 0 N–H and O–H groups in total. The lowest BCUT2D eigenvalue weighted by molar-refractivity contribution is 0.125. The largest absolute Gasteiger partial charge is 0.493 e. The Labute approximate surface area is 130 Å². The van der Waals surface area contributed by atoms with Gasteiger partial charge in [0.2, 0.25) is 0 Å². The lowest BCUT2D eigenvalue weighted by Crippen LogP contribution is -2.42. The molecule has 2 atom stereocenters. The quantitative estimate of drug-likeness (QED) is 0.763. The van der Waals surface area contributed by atoms with Crippen LogP contribution in [0.3, 0.4) is 0 Å². The Kier molecular flexibility index (Phi) is 5.00. The van der Waals surface area contributed by atoms with Crippen molar-refractivity contribution >= 4 is 15.9 Å². The second-order valence-corrected chi connectivity index (χ2v) is 6.79. The fourth-order valence-electron chi connectivity index (χ4n) is 3.64. The van der Waals surface area contributed by atoms with Crippen molar-refractivity contribution in [3.63, 3.8) is 0 Å². The number of alkyl halides is 1. The van der Waals surface area contributed by atoms with Crippen molar-refractivity contribution in [1.29, 1.82) is 0 Å². The molecule has 0 spiro atoms. The van der Waals surface area contributed by atoms with Crippen molar-refractivity contribution in [2.24, 2.45) is 0 Å². The summed E-state index contributed by atoms with van der Waals surface area (Å²) in [6.45, 7) is 3.36. The number of piperidine rings is 1. The SMILES string of the molecule is BrCCC1CCCCN1CC1CCOc2ccccc21. The van der Waals surface area contributed by atoms with Crippen LogP contribution in [0.4, 0.5) is 0 Å². The summed E-state index contributed by atoms with van der Waals surface area (Å²) in [6, 6.07) is 9.37. The maximum atomic E-state index is 5.79. The summed E-state index contributed by atoms with van der Waals surface area (Å²) in [5.41, 5.74) is 1.42. The molecule has 0 saturated carbocycles. The molecule has 2 unspecified atom stereocenters. The van der Waals surface area contributed by atoms with E-state index in [4.69, 9.17) is 4.74 Å². The first-order chi connectivity index (χ1) is 9.88. The zero-order valence-electron chi connectivity index (χ0n) is 12.1. The van der Waals surface area contributed by atoms with Crippen molar-refractivity contribution in [3.8, 4) is 5.75 Å². The third-order valence-electron chi connectivity index (χ3n) is 4.73. The highest BCUT2D eigenvalue weighted by Gasteiger charge is 2.28. The van der Waals surface area contributed by atoms with Crippen LogP contribution in [0, 0.1) is 0 Å². The summed E-state index contributed by atoms with van der Waals surface area (Å²) in [5.74, 6) is 1.76. The number of fused-ring (bicyclic) bond motifs is 1. The molecular weight excluding hydrogens is 314 g/mol. The number of halogens is 1. The minimum Gasteiger partial charge on any atom is -0.493 e. The molecule has 2 aliphatic rings. The highest BCUT2D eigenvalue weighted by atomic mass is 79.9. The molecule has 110 valence electrons. The molecule has 2 nitrogen and oxygen atoms in total. The van der Waals surface area contributed by atoms with E-state index in [0.29, 0.717) is 5.92 Å². The number of rotatable bonds is 4. The number of nitrogens with zero attached hydrogens (tertiary/aromatic N) is 1. The molecule has 2 aliphatic heterocycles. The van der Waals surface area contributed by atoms with Gasteiger partial charge >= 0.3 is 0 Å². The van der Waals surface area contributed by atoms with Gasteiger partial charge in [-0.1, -0.05) is 40.5 Å². The average molecular weight is 338 g/mol. The molecule has 0 bridgehead atoms. The predicted molar refractivity (Wildman–Crippen MR) is 86.9 cm³/mol. The smallest absolute Gasteiger partial charge is 0.122 e. The van der Waals surface area contributed by atoms with E-state index >= 15 is 0 Å². The molecule has 0 radical (unpaired) electrons. The molecule has 0 aromatic heterocycles. The van der Waals surface area contributed by atoms with Crippen LogP contribution < -0.4 is 4.74 Å². The second-order valence-electron chi connectivity index (χ2n) is 5.99. The van der Waals surface area contributed by atoms with Crippen LogP contribution in [0.25, 0.3) is 0 Å². The average Bonchev–Trinajstić information content (AvgIpc) is 2.50. The normalized spacial score (nSPS) is 26.9. The summed E-state index contributed by atoms with van der Waals surface area (Å²) in [5, 5.41) is 1.12. The second kappa shape index (κ2) is 6.95. The molecular formula is C17H24BrNO. The first-order valence-corrected chi connectivity index (χ1v) is 9.02. The van der Waals surface area contributed by atoms with E-state index in [1.54, 1.807) is 0 Å². The number of para-hydroxylation sites is 1. The summed E-state index contributed by atoms with van der Waals surface area (Å²) in [7, 11) is 0. The van der Waals surface area contributed by atoms with Gasteiger partial charge in [0, 0.05) is 23.8 Å². The van der Waals surface area contributed by atoms with E-state index in [1.807, 2.05) is 0 Å². The Morgan fingerprint density at radius 1 is 1.20 bits per heavy atom. The Morgan fingerprint density at radius 3 is 3.00 bits per heavy atom. The molecule has 0 amide bonds. The van der Waals surface area contributed by atoms with Gasteiger partial charge in [0.1, 0.15) is 5.75 Å². The van der Waals surface area contributed by atoms with Gasteiger partial charge in [-0.25, -0.2) is 0 Å². The number of hydrogen-bond donors (Lipinski definition) is 0. The molecule has 20 heavy (non-hydrogen) atoms. The zero-order chi connectivity index (χ0) is 13.8. The van der Waals surface area contributed by atoms with Crippen molar-refractivity contribution in [1.82, 2.24) is 4.90 Å². The summed E-state index contributed by atoms with van der Waals surface area (Å²) < 4.78 is 5.79. The van der Waals surface area contributed by atoms with Gasteiger partial charge in [-0.2, -0.15) is 0 Å². The van der Waals surface area contributed by atoms with Gasteiger partial charge in [-0.3, -0.25) is 4.90 Å². The van der Waals surface area contributed by atoms with Crippen molar-refractivity contribution in [3.05, 3.63) is 29.8 Å². The van der Waals surface area contributed by atoms with Crippen LogP contribution in [-0.2, 0) is 0 Å². The lowest BCUT2D eigenvalue weighted by atomic mass is 9.90. The highest BCUT2D eigenvalue weighted by molar-refractivity contribution is 9.09. The molecule has 2 heterocycles. The fourth-order valence-corrected chi connectivity index (χ4v) is 4.17. The third-order valence-corrected chi connectivity index (χ3v) is 5.19. The summed E-state index contributed by atoms with van der Waals surface area (Å²) in [4.78, 5) is 2.73. The summed E-state index contributed by atoms with van der Waals surface area (Å²) in [6.07, 6.45) is 6.58. The van der Waals surface area contributed by atoms with Gasteiger partial charge < -0.3 is 4.74 Å². The van der Waals surface area contributed by atoms with E-state index in [9.17, 15) is 0 Å². The minimum absolute atomic E-state index is 0.649. The molecule has 1 saturated heterocycles. The van der Waals surface area contributed by atoms with Gasteiger partial charge in [0.15, 0.2) is 0 Å². The predicted octanol–water partition coefficient (Wildman–Crippen LogP) is 4.19. The maximum Gasteiger partial charge on any atom is 0.122 e. The van der Waals surface area contributed by atoms with Crippen LogP contribution >= 0.6 is 15.9 Å². The van der Waals surface area contributed by atoms with Crippen LogP contribution in [0.5, 0.6) is 5.75 Å². The fraction of sp³-hybridized carbons (Fsp3) is 0.647. The number of hydrogen-bond acceptors (Lipinski definition) is 2.